The molecule has 0 aliphatic carbocycles. The minimum absolute atomic E-state index is 0.152. The first-order valence-electron chi connectivity index (χ1n) is 32.6. The van der Waals surface area contributed by atoms with E-state index in [1.807, 2.05) is 0 Å². The molecule has 1 fully saturated rings. The summed E-state index contributed by atoms with van der Waals surface area (Å²) >= 11 is 0. The van der Waals surface area contributed by atoms with Gasteiger partial charge in [-0.25, -0.2) is 0 Å². The number of unbranched alkanes of at least 4 members (excludes halogenated alkanes) is 27. The van der Waals surface area contributed by atoms with E-state index in [4.69, 9.17) is 9.47 Å². The van der Waals surface area contributed by atoms with Crippen LogP contribution < -0.4 is 5.32 Å². The lowest BCUT2D eigenvalue weighted by Crippen LogP contribution is -2.60. The molecule has 1 heterocycles. The topological polar surface area (TPSA) is 149 Å². The van der Waals surface area contributed by atoms with E-state index in [1.165, 1.54) is 128 Å². The third kappa shape index (κ3) is 47.1. The second-order valence-electron chi connectivity index (χ2n) is 22.2. The van der Waals surface area contributed by atoms with Crippen molar-refractivity contribution in [2.75, 3.05) is 13.2 Å². The minimum Gasteiger partial charge on any atom is -0.394 e. The van der Waals surface area contributed by atoms with Crippen molar-refractivity contribution >= 4 is 5.91 Å². The summed E-state index contributed by atoms with van der Waals surface area (Å²) in [5, 5.41) is 54.8. The maximum Gasteiger partial charge on any atom is 0.220 e. The van der Waals surface area contributed by atoms with Crippen LogP contribution in [-0.2, 0) is 14.3 Å². The van der Waals surface area contributed by atoms with Crippen LogP contribution >= 0.6 is 0 Å². The van der Waals surface area contributed by atoms with E-state index in [0.717, 1.165) is 116 Å². The number of allylic oxidation sites excluding steroid dienone is 18. The molecule has 6 N–H and O–H groups in total. The Balaban J connectivity index is 2.20. The first kappa shape index (κ1) is 73.9. The fraction of sp³-hybridized carbons (Fsp3) is 0.729. The van der Waals surface area contributed by atoms with E-state index in [9.17, 15) is 30.3 Å². The van der Waals surface area contributed by atoms with Gasteiger partial charge in [-0.3, -0.25) is 4.79 Å². The predicted octanol–water partition coefficient (Wildman–Crippen LogP) is 17.3. The fourth-order valence-electron chi connectivity index (χ4n) is 9.80. The second kappa shape index (κ2) is 58.1. The zero-order valence-electron chi connectivity index (χ0n) is 50.6. The number of carbonyl (C=O) groups excluding carboxylic acids is 1. The third-order valence-electron chi connectivity index (χ3n) is 14.9. The molecule has 9 heteroatoms. The Kier molecular flexibility index (Phi) is 54.3. The summed E-state index contributed by atoms with van der Waals surface area (Å²) < 4.78 is 11.3. The molecule has 9 nitrogen and oxygen atoms in total. The van der Waals surface area contributed by atoms with Crippen molar-refractivity contribution in [2.45, 2.75) is 314 Å². The van der Waals surface area contributed by atoms with Crippen molar-refractivity contribution in [2.24, 2.45) is 0 Å². The van der Waals surface area contributed by atoms with Crippen LogP contribution in [0.2, 0.25) is 0 Å². The van der Waals surface area contributed by atoms with Gasteiger partial charge in [-0.2, -0.15) is 0 Å². The molecule has 79 heavy (non-hydrogen) atoms. The molecule has 0 aromatic carbocycles. The van der Waals surface area contributed by atoms with Gasteiger partial charge in [-0.15, -0.1) is 0 Å². The molecule has 1 aliphatic rings. The monoisotopic (exact) mass is 1100 g/mol. The lowest BCUT2D eigenvalue weighted by molar-refractivity contribution is -0.302. The molecule has 1 rings (SSSR count). The highest BCUT2D eigenvalue weighted by molar-refractivity contribution is 5.76. The summed E-state index contributed by atoms with van der Waals surface area (Å²) in [5.41, 5.74) is 0. The molecule has 0 saturated carbocycles. The molecule has 0 aromatic heterocycles. The second-order valence-corrected chi connectivity index (χ2v) is 22.2. The van der Waals surface area contributed by atoms with Crippen LogP contribution in [-0.4, -0.2) is 87.5 Å². The maximum absolute atomic E-state index is 13.1. The lowest BCUT2D eigenvalue weighted by atomic mass is 9.99. The summed E-state index contributed by atoms with van der Waals surface area (Å²) in [7, 11) is 0. The Morgan fingerprint density at radius 2 is 0.785 bits per heavy atom. The number of rotatable bonds is 55. The molecule has 0 aromatic rings. The van der Waals surface area contributed by atoms with E-state index in [-0.39, 0.29) is 12.5 Å². The molecule has 0 spiro atoms. The Morgan fingerprint density at radius 3 is 1.16 bits per heavy atom. The van der Waals surface area contributed by atoms with Gasteiger partial charge in [-0.1, -0.05) is 290 Å². The number of hydrogen-bond donors (Lipinski definition) is 6. The number of aliphatic hydroxyl groups is 5. The predicted molar refractivity (Wildman–Crippen MR) is 336 cm³/mol. The van der Waals surface area contributed by atoms with Gasteiger partial charge in [0.1, 0.15) is 24.4 Å². The molecule has 0 bridgehead atoms. The first-order valence-corrected chi connectivity index (χ1v) is 32.6. The van der Waals surface area contributed by atoms with E-state index in [2.05, 4.69) is 129 Å². The van der Waals surface area contributed by atoms with Crippen LogP contribution in [0.3, 0.4) is 0 Å². The summed E-state index contributed by atoms with van der Waals surface area (Å²) in [6, 6.07) is -0.739. The standard InChI is InChI=1S/C70H121NO8/c1-3-5-7-9-11-13-15-17-19-21-23-25-27-28-29-30-31-32-33-34-35-36-38-40-42-44-46-48-50-52-54-56-58-60-66(74)71-63(62-78-70-69(77)68(76)67(75)65(61-72)79-70)64(73)59-57-55-53-51-49-47-45-43-41-39-37-26-24-22-20-18-16-14-12-10-8-6-4-2/h5,7,11,13,17,19,23,25,28-29,31-32,34-35,38,40,44,46,63-65,67-70,72-73,75-77H,3-4,6,8-10,12,14-16,18,20-22,24,26-27,30,33,36-37,39,41-43,45,47-62H2,1-2H3,(H,71,74)/b7-5-,13-11-,19-17-,25-23-,29-28-,32-31-,35-34-,40-38-,46-44-. The van der Waals surface area contributed by atoms with Crippen molar-refractivity contribution < 1.29 is 39.8 Å². The summed E-state index contributed by atoms with van der Waals surface area (Å²) in [6.07, 6.45) is 78.4. The van der Waals surface area contributed by atoms with Crippen molar-refractivity contribution in [3.05, 3.63) is 109 Å². The summed E-state index contributed by atoms with van der Waals surface area (Å²) in [4.78, 5) is 13.1. The average Bonchev–Trinajstić information content (AvgIpc) is 3.47. The molecular formula is C70H121NO8. The van der Waals surface area contributed by atoms with Crippen LogP contribution in [0.4, 0.5) is 0 Å². The SMILES string of the molecule is CC/C=C\C/C=C\C/C=C\C/C=C\C/C=C\C/C=C\C/C=C\C/C=C\C/C=C\CCCCCCCC(=O)NC(COC1OC(CO)C(O)C(O)C1O)C(O)CCCCCCCCCCCCCCCCCCCCCCCCC. The smallest absolute Gasteiger partial charge is 0.220 e. The van der Waals surface area contributed by atoms with Crippen LogP contribution in [0.1, 0.15) is 271 Å². The van der Waals surface area contributed by atoms with Gasteiger partial charge in [0.05, 0.1) is 25.4 Å². The van der Waals surface area contributed by atoms with E-state index < -0.39 is 49.5 Å². The quantitative estimate of drug-likeness (QED) is 0.0261. The Morgan fingerprint density at radius 1 is 0.443 bits per heavy atom. The number of carbonyl (C=O) groups is 1. The highest BCUT2D eigenvalue weighted by Crippen LogP contribution is 2.23. The Labute approximate surface area is 485 Å². The highest BCUT2D eigenvalue weighted by Gasteiger charge is 2.44. The van der Waals surface area contributed by atoms with Crippen molar-refractivity contribution in [3.63, 3.8) is 0 Å². The maximum atomic E-state index is 13.1. The minimum atomic E-state index is -1.56. The molecule has 454 valence electrons. The highest BCUT2D eigenvalue weighted by atomic mass is 16.7. The molecule has 7 unspecified atom stereocenters. The zero-order chi connectivity index (χ0) is 57.2. The van der Waals surface area contributed by atoms with Gasteiger partial charge in [0, 0.05) is 6.42 Å². The summed E-state index contributed by atoms with van der Waals surface area (Å²) in [6.45, 7) is 3.73. The van der Waals surface area contributed by atoms with Gasteiger partial charge in [0.15, 0.2) is 6.29 Å². The lowest BCUT2D eigenvalue weighted by Gasteiger charge is -2.40. The number of nitrogens with one attached hydrogen (secondary N) is 1. The Hall–Kier alpha value is -3.15. The molecule has 7 atom stereocenters. The van der Waals surface area contributed by atoms with Gasteiger partial charge in [0.2, 0.25) is 5.91 Å². The Bertz CT molecular complexity index is 1610. The van der Waals surface area contributed by atoms with Gasteiger partial charge in [-0.05, 0) is 83.5 Å². The van der Waals surface area contributed by atoms with Gasteiger partial charge in [0.25, 0.3) is 0 Å². The van der Waals surface area contributed by atoms with Crippen LogP contribution in [0, 0.1) is 0 Å². The van der Waals surface area contributed by atoms with Gasteiger partial charge >= 0.3 is 0 Å². The largest absolute Gasteiger partial charge is 0.394 e. The van der Waals surface area contributed by atoms with E-state index in [1.54, 1.807) is 0 Å². The van der Waals surface area contributed by atoms with E-state index in [0.29, 0.717) is 12.8 Å². The normalized spacial score (nSPS) is 19.3. The fourth-order valence-corrected chi connectivity index (χ4v) is 9.80. The number of amides is 1. The molecule has 1 aliphatic heterocycles. The van der Waals surface area contributed by atoms with Crippen LogP contribution in [0.5, 0.6) is 0 Å². The molecule has 1 saturated heterocycles. The van der Waals surface area contributed by atoms with Crippen molar-refractivity contribution in [3.8, 4) is 0 Å². The van der Waals surface area contributed by atoms with Crippen LogP contribution in [0.25, 0.3) is 0 Å². The third-order valence-corrected chi connectivity index (χ3v) is 14.9. The number of hydrogen-bond acceptors (Lipinski definition) is 8. The average molecular weight is 1100 g/mol. The molecule has 1 amide bonds. The molecule has 0 radical (unpaired) electrons. The summed E-state index contributed by atoms with van der Waals surface area (Å²) in [5.74, 6) is -0.165. The van der Waals surface area contributed by atoms with Crippen molar-refractivity contribution in [1.29, 1.82) is 0 Å². The molecular weight excluding hydrogens is 983 g/mol. The zero-order valence-corrected chi connectivity index (χ0v) is 50.6. The van der Waals surface area contributed by atoms with Crippen molar-refractivity contribution in [1.82, 2.24) is 5.32 Å². The van der Waals surface area contributed by atoms with Crippen LogP contribution in [0.15, 0.2) is 109 Å². The number of aliphatic hydroxyl groups excluding tert-OH is 5. The van der Waals surface area contributed by atoms with E-state index >= 15 is 0 Å². The number of ether oxygens (including phenoxy) is 2. The van der Waals surface area contributed by atoms with Gasteiger partial charge < -0.3 is 40.3 Å². The first-order chi connectivity index (χ1) is 38.8.